The fraction of sp³-hybridized carbons (Fsp3) is 0.0588. The van der Waals surface area contributed by atoms with Crippen LogP contribution in [-0.2, 0) is 6.54 Å². The van der Waals surface area contributed by atoms with Gasteiger partial charge in [-0.25, -0.2) is 14.6 Å². The summed E-state index contributed by atoms with van der Waals surface area (Å²) >= 11 is 0. The van der Waals surface area contributed by atoms with Crippen LogP contribution in [0.15, 0.2) is 61.2 Å². The smallest absolute Gasteiger partial charge is 0.225 e. The van der Waals surface area contributed by atoms with Crippen molar-refractivity contribution in [3.63, 3.8) is 0 Å². The second-order valence-corrected chi connectivity index (χ2v) is 5.31. The molecular weight excluding hydrogens is 302 g/mol. The topological polar surface area (TPSA) is 94.5 Å². The van der Waals surface area contributed by atoms with Crippen LogP contribution in [0.2, 0.25) is 0 Å². The molecule has 0 fully saturated rings. The number of rotatable bonds is 4. The molecule has 118 valence electrons. The predicted molar refractivity (Wildman–Crippen MR) is 92.6 cm³/mol. The molecule has 0 bridgehead atoms. The quantitative estimate of drug-likeness (QED) is 0.600. The number of hydrogen-bond acceptors (Lipinski definition) is 6. The van der Waals surface area contributed by atoms with Gasteiger partial charge in [0.15, 0.2) is 0 Å². The summed E-state index contributed by atoms with van der Waals surface area (Å²) in [5.74, 6) is 0.996. The van der Waals surface area contributed by atoms with Crippen LogP contribution in [0.5, 0.6) is 0 Å². The molecule has 0 spiro atoms. The number of nitrogen functional groups attached to an aromatic ring is 1. The summed E-state index contributed by atoms with van der Waals surface area (Å²) in [5, 5.41) is 8.18. The summed E-state index contributed by atoms with van der Waals surface area (Å²) in [4.78, 5) is 12.7. The Morgan fingerprint density at radius 3 is 2.62 bits per heavy atom. The van der Waals surface area contributed by atoms with E-state index in [0.29, 0.717) is 18.3 Å². The lowest BCUT2D eigenvalue weighted by Gasteiger charge is -2.08. The van der Waals surface area contributed by atoms with E-state index in [4.69, 9.17) is 5.73 Å². The van der Waals surface area contributed by atoms with Gasteiger partial charge in [-0.2, -0.15) is 10.1 Å². The lowest BCUT2D eigenvalue weighted by Crippen LogP contribution is -2.06. The summed E-state index contributed by atoms with van der Waals surface area (Å²) in [7, 11) is 0. The minimum absolute atomic E-state index is 0.477. The number of fused-ring (bicyclic) bond motifs is 1. The molecule has 0 saturated carbocycles. The Morgan fingerprint density at radius 2 is 1.83 bits per heavy atom. The van der Waals surface area contributed by atoms with Gasteiger partial charge in [0, 0.05) is 11.9 Å². The average Bonchev–Trinajstić information content (AvgIpc) is 3.15. The van der Waals surface area contributed by atoms with Crippen molar-refractivity contribution in [3.8, 4) is 5.69 Å². The molecule has 0 radical (unpaired) electrons. The minimum Gasteiger partial charge on any atom is -0.383 e. The van der Waals surface area contributed by atoms with Crippen LogP contribution in [0.4, 0.5) is 11.8 Å². The Morgan fingerprint density at radius 1 is 1.00 bits per heavy atom. The Labute approximate surface area is 138 Å². The van der Waals surface area contributed by atoms with Gasteiger partial charge in [-0.3, -0.25) is 0 Å². The molecule has 0 aliphatic carbocycles. The van der Waals surface area contributed by atoms with Gasteiger partial charge in [-0.05, 0) is 29.8 Å². The highest BCUT2D eigenvalue weighted by Gasteiger charge is 2.04. The largest absolute Gasteiger partial charge is 0.383 e. The van der Waals surface area contributed by atoms with Gasteiger partial charge in [-0.1, -0.05) is 24.3 Å². The Bertz CT molecular complexity index is 962. The number of benzene rings is 2. The Hall–Kier alpha value is -3.48. The molecule has 7 nitrogen and oxygen atoms in total. The first-order chi connectivity index (χ1) is 11.8. The number of hydrogen-bond donors (Lipinski definition) is 2. The van der Waals surface area contributed by atoms with Crippen LogP contribution < -0.4 is 11.1 Å². The summed E-state index contributed by atoms with van der Waals surface area (Å²) < 4.78 is 1.71. The molecule has 2 heterocycles. The summed E-state index contributed by atoms with van der Waals surface area (Å²) in [6.07, 6.45) is 3.18. The van der Waals surface area contributed by atoms with Crippen LogP contribution >= 0.6 is 0 Å². The summed E-state index contributed by atoms with van der Waals surface area (Å²) in [6, 6.07) is 15.7. The third-order valence-corrected chi connectivity index (χ3v) is 3.70. The normalized spacial score (nSPS) is 10.8. The summed E-state index contributed by atoms with van der Waals surface area (Å²) in [5.41, 5.74) is 8.89. The molecule has 0 amide bonds. The molecule has 0 saturated heterocycles. The van der Waals surface area contributed by atoms with E-state index in [2.05, 4.69) is 25.4 Å². The third-order valence-electron chi connectivity index (χ3n) is 3.70. The van der Waals surface area contributed by atoms with Crippen molar-refractivity contribution in [1.82, 2.24) is 24.7 Å². The SMILES string of the molecule is Nc1nc(NCc2ccc(-n3cncn3)cc2)nc2ccccc12. The summed E-state index contributed by atoms with van der Waals surface area (Å²) in [6.45, 7) is 0.607. The number of para-hydroxylation sites is 1. The second kappa shape index (κ2) is 5.96. The van der Waals surface area contributed by atoms with E-state index in [-0.39, 0.29) is 0 Å². The van der Waals surface area contributed by atoms with Gasteiger partial charge in [0.05, 0.1) is 11.2 Å². The molecule has 24 heavy (non-hydrogen) atoms. The minimum atomic E-state index is 0.477. The van der Waals surface area contributed by atoms with Crippen molar-refractivity contribution in [2.75, 3.05) is 11.1 Å². The molecule has 3 N–H and O–H groups in total. The monoisotopic (exact) mass is 317 g/mol. The van der Waals surface area contributed by atoms with Crippen LogP contribution in [0.1, 0.15) is 5.56 Å². The first-order valence-corrected chi connectivity index (χ1v) is 7.50. The van der Waals surface area contributed by atoms with E-state index >= 15 is 0 Å². The molecule has 2 aromatic carbocycles. The van der Waals surface area contributed by atoms with Gasteiger partial charge in [0.1, 0.15) is 18.5 Å². The zero-order valence-electron chi connectivity index (χ0n) is 12.8. The molecule has 4 aromatic rings. The molecule has 2 aromatic heterocycles. The molecule has 0 unspecified atom stereocenters. The first-order valence-electron chi connectivity index (χ1n) is 7.50. The van der Waals surface area contributed by atoms with E-state index < -0.39 is 0 Å². The Kier molecular flexibility index (Phi) is 3.51. The number of nitrogens with two attached hydrogens (primary N) is 1. The highest BCUT2D eigenvalue weighted by atomic mass is 15.3. The number of nitrogens with zero attached hydrogens (tertiary/aromatic N) is 5. The van der Waals surface area contributed by atoms with Gasteiger partial charge < -0.3 is 11.1 Å². The van der Waals surface area contributed by atoms with Crippen LogP contribution in [0.25, 0.3) is 16.6 Å². The molecule has 0 aliphatic rings. The third kappa shape index (κ3) is 2.74. The van der Waals surface area contributed by atoms with Gasteiger partial charge in [0.2, 0.25) is 5.95 Å². The van der Waals surface area contributed by atoms with E-state index in [1.54, 1.807) is 11.0 Å². The lowest BCUT2D eigenvalue weighted by atomic mass is 10.2. The van der Waals surface area contributed by atoms with Crippen LogP contribution in [-0.4, -0.2) is 24.7 Å². The zero-order chi connectivity index (χ0) is 16.4. The average molecular weight is 317 g/mol. The van der Waals surface area contributed by atoms with Crippen LogP contribution in [0.3, 0.4) is 0 Å². The van der Waals surface area contributed by atoms with E-state index in [0.717, 1.165) is 22.2 Å². The standard InChI is InChI=1S/C17H15N7/c18-16-14-3-1-2-4-15(14)22-17(23-16)20-9-12-5-7-13(8-6-12)24-11-19-10-21-24/h1-8,10-11H,9H2,(H3,18,20,22,23). The van der Waals surface area contributed by atoms with E-state index in [9.17, 15) is 0 Å². The van der Waals surface area contributed by atoms with Crippen molar-refractivity contribution in [2.24, 2.45) is 0 Å². The van der Waals surface area contributed by atoms with Crippen molar-refractivity contribution < 1.29 is 0 Å². The van der Waals surface area contributed by atoms with Crippen molar-refractivity contribution >= 4 is 22.7 Å². The molecule has 0 aliphatic heterocycles. The number of nitrogens with one attached hydrogen (secondary N) is 1. The number of aromatic nitrogens is 5. The van der Waals surface area contributed by atoms with Crippen molar-refractivity contribution in [3.05, 3.63) is 66.7 Å². The predicted octanol–water partition coefficient (Wildman–Crippen LogP) is 2.40. The zero-order valence-corrected chi connectivity index (χ0v) is 12.8. The van der Waals surface area contributed by atoms with Gasteiger partial charge in [-0.15, -0.1) is 0 Å². The lowest BCUT2D eigenvalue weighted by molar-refractivity contribution is 0.877. The molecular formula is C17H15N7. The second-order valence-electron chi connectivity index (χ2n) is 5.31. The van der Waals surface area contributed by atoms with Crippen molar-refractivity contribution in [1.29, 1.82) is 0 Å². The molecule has 4 rings (SSSR count). The highest BCUT2D eigenvalue weighted by Crippen LogP contribution is 2.19. The first kappa shape index (κ1) is 14.1. The Balaban J connectivity index is 1.50. The maximum atomic E-state index is 5.99. The maximum Gasteiger partial charge on any atom is 0.225 e. The highest BCUT2D eigenvalue weighted by molar-refractivity contribution is 5.88. The molecule has 7 heteroatoms. The van der Waals surface area contributed by atoms with E-state index in [1.165, 1.54) is 6.33 Å². The molecule has 0 atom stereocenters. The van der Waals surface area contributed by atoms with Gasteiger partial charge >= 0.3 is 0 Å². The van der Waals surface area contributed by atoms with Crippen LogP contribution in [0, 0.1) is 0 Å². The maximum absolute atomic E-state index is 5.99. The van der Waals surface area contributed by atoms with E-state index in [1.807, 2.05) is 48.5 Å². The fourth-order valence-corrected chi connectivity index (χ4v) is 2.47. The van der Waals surface area contributed by atoms with Crippen molar-refractivity contribution in [2.45, 2.75) is 6.54 Å². The fourth-order valence-electron chi connectivity index (χ4n) is 2.47. The van der Waals surface area contributed by atoms with Gasteiger partial charge in [0.25, 0.3) is 0 Å². The number of anilines is 2.